The van der Waals surface area contributed by atoms with E-state index in [1.165, 1.54) is 59.1 Å². The topological polar surface area (TPSA) is 48.5 Å². The number of benzene rings is 9. The van der Waals surface area contributed by atoms with Crippen molar-refractivity contribution >= 4 is 66.1 Å². The zero-order valence-corrected chi connectivity index (χ0v) is 33.5. The van der Waals surface area contributed by atoms with Crippen LogP contribution in [0.15, 0.2) is 210 Å². The number of para-hydroxylation sites is 3. The second-order valence-electron chi connectivity index (χ2n) is 15.6. The van der Waals surface area contributed by atoms with Gasteiger partial charge in [-0.2, -0.15) is 9.97 Å². The fourth-order valence-corrected chi connectivity index (χ4v) is 10.6. The van der Waals surface area contributed by atoms with E-state index in [0.29, 0.717) is 17.6 Å². The van der Waals surface area contributed by atoms with Crippen LogP contribution in [0.2, 0.25) is 0 Å². The fraction of sp³-hybridized carbons (Fsp3) is 0. The Labute approximate surface area is 355 Å². The molecular weight excluding hydrogens is 763 g/mol. The molecule has 13 rings (SSSR count). The molecule has 9 aromatic carbocycles. The second kappa shape index (κ2) is 13.4. The van der Waals surface area contributed by atoms with E-state index < -0.39 is 0 Å². The third-order valence-corrected chi connectivity index (χ3v) is 13.3. The predicted octanol–water partition coefficient (Wildman–Crippen LogP) is 14.4. The SMILES string of the molecule is c1ccc(-c2nc(-c3ccccc3)nc(-n3c4ccccc4c4cc(-c5ccc6c(c5)Sc5cccc7c5c-6cc5c7c6ccccc6n5-c5ccccc5)ccc43)n2)cc1. The van der Waals surface area contributed by atoms with Crippen molar-refractivity contribution < 1.29 is 0 Å². The number of rotatable bonds is 5. The van der Waals surface area contributed by atoms with E-state index in [1.807, 2.05) is 72.4 Å². The number of fused-ring (bicyclic) bond motifs is 9. The van der Waals surface area contributed by atoms with Crippen molar-refractivity contribution in [1.82, 2.24) is 24.1 Å². The largest absolute Gasteiger partial charge is 0.309 e. The Hall–Kier alpha value is -7.80. The molecule has 0 radical (unpaired) electrons. The summed E-state index contributed by atoms with van der Waals surface area (Å²) in [5.41, 5.74) is 12.5. The van der Waals surface area contributed by atoms with E-state index in [4.69, 9.17) is 15.0 Å². The van der Waals surface area contributed by atoms with Crippen LogP contribution in [-0.4, -0.2) is 24.1 Å². The van der Waals surface area contributed by atoms with Gasteiger partial charge in [0.15, 0.2) is 11.6 Å². The van der Waals surface area contributed by atoms with Crippen LogP contribution in [0.1, 0.15) is 0 Å². The lowest BCUT2D eigenvalue weighted by Crippen LogP contribution is -2.06. The maximum Gasteiger partial charge on any atom is 0.238 e. The van der Waals surface area contributed by atoms with Gasteiger partial charge in [0.1, 0.15) is 0 Å². The molecule has 4 heterocycles. The van der Waals surface area contributed by atoms with Gasteiger partial charge in [-0.25, -0.2) is 4.98 Å². The van der Waals surface area contributed by atoms with E-state index >= 15 is 0 Å². The minimum Gasteiger partial charge on any atom is -0.309 e. The fourth-order valence-electron chi connectivity index (χ4n) is 9.45. The summed E-state index contributed by atoms with van der Waals surface area (Å²) in [6.07, 6.45) is 0. The zero-order valence-electron chi connectivity index (χ0n) is 32.7. The molecule has 1 aliphatic rings. The third kappa shape index (κ3) is 5.26. The number of hydrogen-bond acceptors (Lipinski definition) is 4. The molecule has 6 heteroatoms. The highest BCUT2D eigenvalue weighted by molar-refractivity contribution is 7.99. The predicted molar refractivity (Wildman–Crippen MR) is 252 cm³/mol. The van der Waals surface area contributed by atoms with E-state index in [-0.39, 0.29) is 0 Å². The van der Waals surface area contributed by atoms with Crippen LogP contribution < -0.4 is 0 Å². The first kappa shape index (κ1) is 34.1. The molecule has 0 spiro atoms. The summed E-state index contributed by atoms with van der Waals surface area (Å²) in [5, 5.41) is 7.50. The number of aromatic nitrogens is 5. The Morgan fingerprint density at radius 3 is 1.66 bits per heavy atom. The minimum atomic E-state index is 0.588. The van der Waals surface area contributed by atoms with Crippen molar-refractivity contribution in [2.75, 3.05) is 0 Å². The van der Waals surface area contributed by atoms with Crippen LogP contribution in [0.25, 0.3) is 111 Å². The highest BCUT2D eigenvalue weighted by atomic mass is 32.2. The molecule has 1 aliphatic heterocycles. The first-order valence-corrected chi connectivity index (χ1v) is 21.3. The lowest BCUT2D eigenvalue weighted by atomic mass is 9.93. The second-order valence-corrected chi connectivity index (χ2v) is 16.7. The lowest BCUT2D eigenvalue weighted by molar-refractivity contribution is 0.953. The van der Waals surface area contributed by atoms with Gasteiger partial charge in [-0.15, -0.1) is 0 Å². The van der Waals surface area contributed by atoms with Crippen molar-refractivity contribution in [3.8, 4) is 56.7 Å². The van der Waals surface area contributed by atoms with Gasteiger partial charge in [0.25, 0.3) is 0 Å². The standard InChI is InChI=1S/C55H33N5S/c1-4-15-34(16-5-1)53-56-54(35-17-6-2-7-18-35)58-55(57-53)60-45-24-12-10-21-39(45)43-31-36(28-30-47(43)60)37-27-29-40-44-33-48-51(42-23-14-26-49(52(42)44)61-50(40)32-37)41-22-11-13-25-46(41)59(48)38-19-8-3-9-20-38/h1-33H. The van der Waals surface area contributed by atoms with Crippen molar-refractivity contribution in [2.45, 2.75) is 9.79 Å². The normalized spacial score (nSPS) is 12.2. The average Bonchev–Trinajstić information content (AvgIpc) is 3.85. The summed E-state index contributed by atoms with van der Waals surface area (Å²) in [6, 6.07) is 71.4. The van der Waals surface area contributed by atoms with Crippen LogP contribution in [0.5, 0.6) is 0 Å². The molecule has 284 valence electrons. The maximum atomic E-state index is 5.13. The third-order valence-electron chi connectivity index (χ3n) is 12.2. The van der Waals surface area contributed by atoms with Crippen molar-refractivity contribution in [2.24, 2.45) is 0 Å². The first-order valence-electron chi connectivity index (χ1n) is 20.5. The van der Waals surface area contributed by atoms with Crippen LogP contribution in [0, 0.1) is 0 Å². The summed E-state index contributed by atoms with van der Waals surface area (Å²) < 4.78 is 4.61. The summed E-state index contributed by atoms with van der Waals surface area (Å²) in [4.78, 5) is 17.8. The molecule has 0 N–H and O–H groups in total. The van der Waals surface area contributed by atoms with Gasteiger partial charge < -0.3 is 4.57 Å². The van der Waals surface area contributed by atoms with Crippen LogP contribution in [0.3, 0.4) is 0 Å². The van der Waals surface area contributed by atoms with Crippen molar-refractivity contribution in [1.29, 1.82) is 0 Å². The quantitative estimate of drug-likeness (QED) is 0.174. The van der Waals surface area contributed by atoms with Gasteiger partial charge in [-0.05, 0) is 82.2 Å². The molecule has 3 aromatic heterocycles. The van der Waals surface area contributed by atoms with Gasteiger partial charge in [0.2, 0.25) is 5.95 Å². The molecule has 0 amide bonds. The zero-order chi connectivity index (χ0) is 40.0. The molecule has 0 bridgehead atoms. The molecule has 0 fully saturated rings. The Morgan fingerprint density at radius 2 is 0.918 bits per heavy atom. The van der Waals surface area contributed by atoms with E-state index in [2.05, 4.69) is 149 Å². The molecule has 0 atom stereocenters. The highest BCUT2D eigenvalue weighted by Gasteiger charge is 2.25. The van der Waals surface area contributed by atoms with Gasteiger partial charge >= 0.3 is 0 Å². The number of nitrogens with zero attached hydrogens (tertiary/aromatic N) is 5. The maximum absolute atomic E-state index is 5.13. The van der Waals surface area contributed by atoms with Crippen LogP contribution in [0.4, 0.5) is 0 Å². The molecule has 0 unspecified atom stereocenters. The Kier molecular flexibility index (Phi) is 7.47. The Balaban J connectivity index is 0.975. The van der Waals surface area contributed by atoms with Crippen LogP contribution in [-0.2, 0) is 0 Å². The van der Waals surface area contributed by atoms with Gasteiger partial charge in [0.05, 0.1) is 22.1 Å². The molecule has 61 heavy (non-hydrogen) atoms. The Bertz CT molecular complexity index is 3660. The molecule has 0 aliphatic carbocycles. The van der Waals surface area contributed by atoms with E-state index in [1.54, 1.807) is 0 Å². The molecule has 0 saturated carbocycles. The summed E-state index contributed by atoms with van der Waals surface area (Å²) in [7, 11) is 0. The monoisotopic (exact) mass is 795 g/mol. The molecular formula is C55H33N5S. The van der Waals surface area contributed by atoms with Gasteiger partial charge in [-0.1, -0.05) is 157 Å². The van der Waals surface area contributed by atoms with Crippen LogP contribution >= 0.6 is 11.8 Å². The van der Waals surface area contributed by atoms with Crippen molar-refractivity contribution in [3.05, 3.63) is 200 Å². The van der Waals surface area contributed by atoms with E-state index in [0.717, 1.165) is 44.2 Å². The summed E-state index contributed by atoms with van der Waals surface area (Å²) in [6.45, 7) is 0. The first-order chi connectivity index (χ1) is 30.2. The summed E-state index contributed by atoms with van der Waals surface area (Å²) >= 11 is 1.87. The molecule has 5 nitrogen and oxygen atoms in total. The van der Waals surface area contributed by atoms with Gasteiger partial charge in [0, 0.05) is 53.5 Å². The Morgan fingerprint density at radius 1 is 0.328 bits per heavy atom. The molecule has 0 saturated heterocycles. The number of hydrogen-bond donors (Lipinski definition) is 0. The van der Waals surface area contributed by atoms with E-state index in [9.17, 15) is 0 Å². The lowest BCUT2D eigenvalue weighted by Gasteiger charge is -2.22. The van der Waals surface area contributed by atoms with Gasteiger partial charge in [-0.3, -0.25) is 4.57 Å². The smallest absolute Gasteiger partial charge is 0.238 e. The molecule has 12 aromatic rings. The average molecular weight is 796 g/mol. The minimum absolute atomic E-state index is 0.588. The van der Waals surface area contributed by atoms with Crippen molar-refractivity contribution in [3.63, 3.8) is 0 Å². The summed E-state index contributed by atoms with van der Waals surface area (Å²) in [5.74, 6) is 1.86. The highest BCUT2D eigenvalue weighted by Crippen LogP contribution is 2.52.